The van der Waals surface area contributed by atoms with Gasteiger partial charge in [-0.15, -0.1) is 11.6 Å². The van der Waals surface area contributed by atoms with Crippen molar-refractivity contribution in [2.24, 2.45) is 0 Å². The highest BCUT2D eigenvalue weighted by molar-refractivity contribution is 7.41. The number of aromatic amines is 1. The number of nitrogens with zero attached hydrogens (tertiary/aromatic N) is 1. The maximum Gasteiger partial charge on any atom is 0.510 e. The summed E-state index contributed by atoms with van der Waals surface area (Å²) >= 11 is 4.64. The molecule has 1 aromatic rings. The number of rotatable bonds is 15. The van der Waals surface area contributed by atoms with E-state index in [1.807, 2.05) is 0 Å². The zero-order valence-corrected chi connectivity index (χ0v) is 23.3. The minimum atomic E-state index is -2.34. The molecule has 0 aliphatic rings. The lowest BCUT2D eigenvalue weighted by Gasteiger charge is -2.22. The molecule has 0 radical (unpaired) electrons. The van der Waals surface area contributed by atoms with E-state index in [2.05, 4.69) is 11.6 Å². The predicted molar refractivity (Wildman–Crippen MR) is 129 cm³/mol. The van der Waals surface area contributed by atoms with Crippen LogP contribution in [0.5, 0.6) is 0 Å². The van der Waals surface area contributed by atoms with Crippen molar-refractivity contribution in [3.05, 3.63) is 32.9 Å². The number of carbonyl (C=O) groups is 2. The minimum absolute atomic E-state index is 0.348. The number of alkyl halides is 2. The van der Waals surface area contributed by atoms with Gasteiger partial charge in [-0.2, -0.15) is 4.39 Å². The zero-order chi connectivity index (χ0) is 29.3. The summed E-state index contributed by atoms with van der Waals surface area (Å²) in [5, 5.41) is 0. The Kier molecular flexibility index (Phi) is 18.4. The van der Waals surface area contributed by atoms with Crippen molar-refractivity contribution >= 4 is 32.5 Å². The summed E-state index contributed by atoms with van der Waals surface area (Å²) in [5.41, 5.74) is -2.44. The number of H-pyrrole nitrogens is 1. The molecule has 1 N–H and O–H groups in total. The third kappa shape index (κ3) is 15.1. The fourth-order valence-electron chi connectivity index (χ4n) is 2.18. The van der Waals surface area contributed by atoms with Crippen LogP contribution < -0.4 is 11.2 Å². The second-order valence-corrected chi connectivity index (χ2v) is 8.53. The molecule has 2 atom stereocenters. The number of nitrogens with one attached hydrogen (secondary N) is 1. The van der Waals surface area contributed by atoms with Crippen molar-refractivity contribution in [1.29, 1.82) is 0 Å². The molecular formula is C20H32ClF2N2O12P. The van der Waals surface area contributed by atoms with Gasteiger partial charge in [0, 0.05) is 19.9 Å². The molecule has 14 nitrogen and oxygen atoms in total. The topological polar surface area (TPSA) is 163 Å². The van der Waals surface area contributed by atoms with Crippen LogP contribution >= 0.6 is 20.2 Å². The quantitative estimate of drug-likeness (QED) is 0.135. The van der Waals surface area contributed by atoms with E-state index in [0.29, 0.717) is 10.8 Å². The van der Waals surface area contributed by atoms with Gasteiger partial charge in [0.1, 0.15) is 0 Å². The lowest BCUT2D eigenvalue weighted by molar-refractivity contribution is -0.0419. The van der Waals surface area contributed by atoms with E-state index in [9.17, 15) is 28.0 Å². The summed E-state index contributed by atoms with van der Waals surface area (Å²) in [5.74, 6) is -1.35. The second kappa shape index (κ2) is 19.7. The molecule has 0 saturated heterocycles. The molecule has 0 aliphatic carbocycles. The van der Waals surface area contributed by atoms with Crippen LogP contribution in [0.1, 0.15) is 40.4 Å². The minimum Gasteiger partial charge on any atom is -0.432 e. The average molecular weight is 597 g/mol. The van der Waals surface area contributed by atoms with Gasteiger partial charge < -0.3 is 28.2 Å². The van der Waals surface area contributed by atoms with Crippen molar-refractivity contribution in [3.63, 3.8) is 0 Å². The fourth-order valence-corrected chi connectivity index (χ4v) is 2.96. The van der Waals surface area contributed by atoms with Crippen LogP contribution in [0.15, 0.2) is 15.8 Å². The molecule has 220 valence electrons. The van der Waals surface area contributed by atoms with Crippen LogP contribution in [-0.2, 0) is 37.3 Å². The predicted octanol–water partition coefficient (Wildman–Crippen LogP) is 3.72. The summed E-state index contributed by atoms with van der Waals surface area (Å²) in [6.45, 7) is 4.71. The van der Waals surface area contributed by atoms with Gasteiger partial charge in [0.2, 0.25) is 19.4 Å². The molecule has 0 spiro atoms. The van der Waals surface area contributed by atoms with Gasteiger partial charge in [0.05, 0.1) is 31.1 Å². The highest BCUT2D eigenvalue weighted by Crippen LogP contribution is 2.40. The maximum absolute atomic E-state index is 14.6. The van der Waals surface area contributed by atoms with Crippen molar-refractivity contribution in [3.8, 4) is 0 Å². The van der Waals surface area contributed by atoms with Gasteiger partial charge in [-0.05, 0) is 27.7 Å². The molecule has 0 aromatic carbocycles. The first-order valence-electron chi connectivity index (χ1n) is 10.8. The maximum atomic E-state index is 14.6. The molecule has 0 bridgehead atoms. The Morgan fingerprint density at radius 2 is 1.50 bits per heavy atom. The van der Waals surface area contributed by atoms with Crippen LogP contribution in [0.2, 0.25) is 0 Å². The lowest BCUT2D eigenvalue weighted by Crippen LogP contribution is -2.34. The Morgan fingerprint density at radius 1 is 1.00 bits per heavy atom. The van der Waals surface area contributed by atoms with E-state index in [1.165, 1.54) is 13.5 Å². The average Bonchev–Trinajstić information content (AvgIpc) is 2.83. The van der Waals surface area contributed by atoms with E-state index in [0.717, 1.165) is 0 Å². The fraction of sp³-hybridized carbons (Fsp3) is 0.700. The van der Waals surface area contributed by atoms with E-state index in [4.69, 9.17) is 37.3 Å². The monoisotopic (exact) mass is 596 g/mol. The van der Waals surface area contributed by atoms with Crippen LogP contribution in [0.4, 0.5) is 18.4 Å². The molecule has 0 fully saturated rings. The first kappa shape index (κ1) is 35.6. The van der Waals surface area contributed by atoms with Crippen LogP contribution in [0.25, 0.3) is 0 Å². The lowest BCUT2D eigenvalue weighted by atomic mass is 10.2. The highest BCUT2D eigenvalue weighted by Gasteiger charge is 2.23. The van der Waals surface area contributed by atoms with E-state index in [-0.39, 0.29) is 6.61 Å². The summed E-state index contributed by atoms with van der Waals surface area (Å²) in [6.07, 6.45) is -4.63. The summed E-state index contributed by atoms with van der Waals surface area (Å²) in [6, 6.07) is 0. The second-order valence-electron chi connectivity index (χ2n) is 7.31. The molecule has 1 rings (SSSR count). The van der Waals surface area contributed by atoms with Crippen LogP contribution in [-0.4, -0.2) is 73.9 Å². The highest BCUT2D eigenvalue weighted by atomic mass is 35.5. The van der Waals surface area contributed by atoms with Crippen molar-refractivity contribution in [2.45, 2.75) is 58.7 Å². The van der Waals surface area contributed by atoms with E-state index >= 15 is 0 Å². The summed E-state index contributed by atoms with van der Waals surface area (Å²) < 4.78 is 68.1. The molecule has 1 heterocycles. The van der Waals surface area contributed by atoms with Gasteiger partial charge in [-0.3, -0.25) is 23.4 Å². The first-order chi connectivity index (χ1) is 17.9. The Labute approximate surface area is 223 Å². The largest absolute Gasteiger partial charge is 0.510 e. The molecule has 38 heavy (non-hydrogen) atoms. The van der Waals surface area contributed by atoms with Gasteiger partial charge in [0.25, 0.3) is 5.56 Å². The molecular weight excluding hydrogens is 565 g/mol. The Bertz CT molecular complexity index is 921. The molecule has 18 heteroatoms. The summed E-state index contributed by atoms with van der Waals surface area (Å²) in [7, 11) is -1.12. The van der Waals surface area contributed by atoms with Gasteiger partial charge in [-0.25, -0.2) is 18.8 Å². The van der Waals surface area contributed by atoms with Crippen LogP contribution in [0.3, 0.4) is 0 Å². The van der Waals surface area contributed by atoms with Crippen molar-refractivity contribution < 1.29 is 55.6 Å². The van der Waals surface area contributed by atoms with Gasteiger partial charge in [0.15, 0.2) is 6.30 Å². The van der Waals surface area contributed by atoms with Crippen LogP contribution in [0, 0.1) is 5.82 Å². The van der Waals surface area contributed by atoms with E-state index < -0.39 is 82.6 Å². The van der Waals surface area contributed by atoms with Crippen molar-refractivity contribution in [2.75, 3.05) is 33.7 Å². The molecule has 0 amide bonds. The Balaban J connectivity index is 0.00000667. The molecule has 0 saturated carbocycles. The number of carbonyl (C=O) groups excluding carboxylic acids is 2. The number of halogens is 3. The zero-order valence-electron chi connectivity index (χ0n) is 21.6. The number of hydrogen-bond donors (Lipinski definition) is 1. The first-order valence-corrected chi connectivity index (χ1v) is 12.7. The standard InChI is InChI=1S/C19H29F2N2O12P.CH3Cl/c1-11(2)34-18(26)29-9-32-36(33-10-30-19(27)35-12(3)4)31-8-13(28-5)6-15(21)23-7-14(20)16(24)22-17(23)25;1-2/h7,11-13,15H,6,8-10H2,1-5H3,(H,22,24,25);1H3. The summed E-state index contributed by atoms with van der Waals surface area (Å²) in [4.78, 5) is 47.4. The Hall–Kier alpha value is -2.36. The molecule has 2 unspecified atom stereocenters. The van der Waals surface area contributed by atoms with Gasteiger partial charge >= 0.3 is 26.6 Å². The molecule has 1 aromatic heterocycles. The van der Waals surface area contributed by atoms with E-state index in [1.54, 1.807) is 32.7 Å². The number of hydrogen-bond acceptors (Lipinski definition) is 12. The SMILES string of the molecule is CCl.COC(COP(OCOC(=O)OC(C)C)OCOC(=O)OC(C)C)CC(F)n1cc(F)c(=O)[nH]c1=O. The smallest absolute Gasteiger partial charge is 0.432 e. The number of ether oxygens (including phenoxy) is 5. The number of methoxy groups -OCH3 is 1. The number of aromatic nitrogens is 2. The third-order valence-electron chi connectivity index (χ3n) is 3.72. The normalized spacial score (nSPS) is 12.5. The van der Waals surface area contributed by atoms with Crippen molar-refractivity contribution in [1.82, 2.24) is 9.55 Å². The molecule has 0 aliphatic heterocycles. The Morgan fingerprint density at radius 3 is 1.95 bits per heavy atom. The third-order valence-corrected chi connectivity index (χ3v) is 4.71. The van der Waals surface area contributed by atoms with Gasteiger partial charge in [-0.1, -0.05) is 0 Å².